The normalized spacial score (nSPS) is 15.3. The third-order valence-corrected chi connectivity index (χ3v) is 14.3. The van der Waals surface area contributed by atoms with E-state index < -0.39 is 0 Å². The van der Waals surface area contributed by atoms with Gasteiger partial charge in [0.05, 0.1) is 23.5 Å². The molecule has 9 rings (SSSR count). The fourth-order valence-corrected chi connectivity index (χ4v) is 8.30. The maximum Gasteiger partial charge on any atom is 0.250 e. The molecule has 6 aromatic heterocycles. The number of hydrogen-bond acceptors (Lipinski definition) is 14. The Hall–Kier alpha value is -5.55. The SMILES string of the molecule is CC(C)C1CCCO1.CC(C)C1CCOC1.CC(C)C1CCOCC1.CC(C)c1ccc(=O)n(C)c1.CC(C)c1cncnc1.CC(C)c1ncc(Cl)cn1.CC(C)c1ncc(F)cn1.Cc1cc(C(C)C)ncn1.Cc1cc(C)nc(C(C)C)n1. The van der Waals surface area contributed by atoms with Crippen LogP contribution in [0.3, 0.4) is 0 Å². The highest BCUT2D eigenvalue weighted by Crippen LogP contribution is 2.23. The van der Waals surface area contributed by atoms with Crippen molar-refractivity contribution in [2.45, 2.75) is 219 Å². The molecule has 0 aromatic carbocycles. The van der Waals surface area contributed by atoms with Crippen LogP contribution in [0, 0.1) is 56.2 Å². The number of aryl methyl sites for hydroxylation is 4. The summed E-state index contributed by atoms with van der Waals surface area (Å²) in [5.41, 5.74) is 6.72. The molecule has 480 valence electrons. The topological polar surface area (TPSA) is 179 Å². The highest BCUT2D eigenvalue weighted by molar-refractivity contribution is 6.30. The Kier molecular flexibility index (Phi) is 40.1. The maximum atomic E-state index is 12.2. The van der Waals surface area contributed by atoms with E-state index in [1.54, 1.807) is 42.7 Å². The van der Waals surface area contributed by atoms with Gasteiger partial charge in [-0.2, -0.15) is 0 Å². The molecule has 3 aliphatic rings. The molecule has 86 heavy (non-hydrogen) atoms. The van der Waals surface area contributed by atoms with Gasteiger partial charge in [0.2, 0.25) is 5.56 Å². The van der Waals surface area contributed by atoms with Gasteiger partial charge in [0.1, 0.15) is 30.1 Å². The van der Waals surface area contributed by atoms with Crippen LogP contribution in [-0.4, -0.2) is 93.5 Å². The lowest BCUT2D eigenvalue weighted by Crippen LogP contribution is -2.19. The lowest BCUT2D eigenvalue weighted by Gasteiger charge is -2.24. The molecule has 2 unspecified atom stereocenters. The first-order valence-electron chi connectivity index (χ1n) is 31.3. The predicted octanol–water partition coefficient (Wildman–Crippen LogP) is 16.8. The zero-order chi connectivity index (χ0) is 64.9. The van der Waals surface area contributed by atoms with Crippen LogP contribution in [0.1, 0.15) is 244 Å². The van der Waals surface area contributed by atoms with Gasteiger partial charge in [-0.3, -0.25) is 4.79 Å². The Morgan fingerprint density at radius 3 is 1.36 bits per heavy atom. The number of pyridine rings is 1. The Morgan fingerprint density at radius 2 is 1.01 bits per heavy atom. The lowest BCUT2D eigenvalue weighted by atomic mass is 9.89. The third kappa shape index (κ3) is 35.3. The van der Waals surface area contributed by atoms with Crippen LogP contribution in [0.25, 0.3) is 0 Å². The second-order valence-electron chi connectivity index (χ2n) is 25.0. The van der Waals surface area contributed by atoms with E-state index >= 15 is 0 Å². The van der Waals surface area contributed by atoms with Gasteiger partial charge in [-0.25, -0.2) is 54.2 Å². The monoisotopic (exact) mass is 1210 g/mol. The smallest absolute Gasteiger partial charge is 0.250 e. The molecule has 9 heterocycles. The van der Waals surface area contributed by atoms with Crippen LogP contribution in [0.5, 0.6) is 0 Å². The van der Waals surface area contributed by atoms with E-state index in [4.69, 9.17) is 25.8 Å². The first kappa shape index (κ1) is 78.5. The molecular weight excluding hydrogens is 1100 g/mol. The van der Waals surface area contributed by atoms with Crippen LogP contribution < -0.4 is 5.56 Å². The fraction of sp³-hybridized carbons (Fsp3) is 0.638. The predicted molar refractivity (Wildman–Crippen MR) is 352 cm³/mol. The summed E-state index contributed by atoms with van der Waals surface area (Å²) in [4.78, 5) is 51.2. The van der Waals surface area contributed by atoms with Crippen molar-refractivity contribution in [3.8, 4) is 0 Å². The Morgan fingerprint density at radius 1 is 0.512 bits per heavy atom. The van der Waals surface area contributed by atoms with E-state index in [1.807, 2.05) is 85.3 Å². The standard InChI is InChI=1S/C9H14N2.C9H13NO.C8H12N2.C8H16O.C7H9ClN2.C7H9FN2.C7H10N2.2C7H14O/c1-6(2)9-10-7(3)5-8(4)11-9;1-7(2)8-4-5-9(11)10(3)6-8;1-6(2)8-4-7(3)9-5-10-8;1-7(2)8-3-5-9-6-4-8;2*1-5(2)7-9-3-6(8)4-10-7;1-6(2)7-3-8-5-9-4-7;1-6(2)7-3-4-8-5-7;1-6(2)7-4-3-5-8-7/h5-6H,1-4H3;4-7H,1-3H3;4-6H,1-3H3;7-8H,3-6H2,1-2H3;2*3-5H,1-2H3;3-6H,1-2H3;2*6-7H,3-5H2,1-2H3. The minimum Gasteiger partial charge on any atom is -0.381 e. The molecule has 2 atom stereocenters. The van der Waals surface area contributed by atoms with Crippen molar-refractivity contribution in [1.29, 1.82) is 0 Å². The molecule has 6 aromatic rings. The minimum atomic E-state index is -0.385. The minimum absolute atomic E-state index is 0.0504. The van der Waals surface area contributed by atoms with Gasteiger partial charge in [-0.1, -0.05) is 142 Å². The van der Waals surface area contributed by atoms with E-state index in [9.17, 15) is 9.18 Å². The van der Waals surface area contributed by atoms with E-state index in [-0.39, 0.29) is 17.3 Å². The van der Waals surface area contributed by atoms with Crippen molar-refractivity contribution in [1.82, 2.24) is 54.4 Å². The van der Waals surface area contributed by atoms with E-state index in [2.05, 4.69) is 147 Å². The Bertz CT molecular complexity index is 2620. The maximum absolute atomic E-state index is 12.2. The van der Waals surface area contributed by atoms with Crippen LogP contribution in [0.15, 0.2) is 85.1 Å². The average molecular weight is 1210 g/mol. The zero-order valence-electron chi connectivity index (χ0n) is 56.8. The lowest BCUT2D eigenvalue weighted by molar-refractivity contribution is 0.0523. The van der Waals surface area contributed by atoms with Crippen molar-refractivity contribution in [3.63, 3.8) is 0 Å². The van der Waals surface area contributed by atoms with Crippen LogP contribution in [0.2, 0.25) is 5.02 Å². The molecule has 15 nitrogen and oxygen atoms in total. The number of hydrogen-bond donors (Lipinski definition) is 0. The van der Waals surface area contributed by atoms with Crippen molar-refractivity contribution >= 4 is 11.6 Å². The summed E-state index contributed by atoms with van der Waals surface area (Å²) >= 11 is 5.59. The quantitative estimate of drug-likeness (QED) is 0.133. The molecule has 3 saturated heterocycles. The van der Waals surface area contributed by atoms with Gasteiger partial charge >= 0.3 is 0 Å². The Labute approximate surface area is 523 Å². The number of aromatic nitrogens is 11. The molecule has 0 saturated carbocycles. The van der Waals surface area contributed by atoms with E-state index in [0.29, 0.717) is 46.5 Å². The van der Waals surface area contributed by atoms with Gasteiger partial charge in [-0.05, 0) is 123 Å². The molecule has 0 radical (unpaired) electrons. The number of halogens is 2. The molecule has 3 fully saturated rings. The summed E-state index contributed by atoms with van der Waals surface area (Å²) in [6.07, 6.45) is 21.3. The summed E-state index contributed by atoms with van der Waals surface area (Å²) in [6.45, 7) is 49.5. The molecule has 17 heteroatoms. The summed E-state index contributed by atoms with van der Waals surface area (Å²) in [5.74, 6) is 8.83. The number of nitrogens with zero attached hydrogens (tertiary/aromatic N) is 11. The highest BCUT2D eigenvalue weighted by Gasteiger charge is 2.19. The summed E-state index contributed by atoms with van der Waals surface area (Å²) in [7, 11) is 1.77. The van der Waals surface area contributed by atoms with Crippen molar-refractivity contribution in [2.75, 3.05) is 33.0 Å². The molecule has 0 bridgehead atoms. The van der Waals surface area contributed by atoms with Crippen molar-refractivity contribution in [3.05, 3.63) is 153 Å². The molecular formula is C69H111ClFN11O4. The number of rotatable bonds is 9. The second kappa shape index (κ2) is 44.0. The van der Waals surface area contributed by atoms with Gasteiger partial charge < -0.3 is 18.8 Å². The number of ether oxygens (including phenoxy) is 3. The van der Waals surface area contributed by atoms with E-state index in [1.165, 1.54) is 55.6 Å². The average Bonchev–Trinajstić information content (AvgIpc) is 4.29. The van der Waals surface area contributed by atoms with Crippen molar-refractivity contribution < 1.29 is 18.6 Å². The molecule has 3 aliphatic heterocycles. The highest BCUT2D eigenvalue weighted by atomic mass is 35.5. The largest absolute Gasteiger partial charge is 0.381 e. The van der Waals surface area contributed by atoms with Crippen LogP contribution in [0.4, 0.5) is 4.39 Å². The van der Waals surface area contributed by atoms with Crippen molar-refractivity contribution in [2.24, 2.45) is 36.6 Å². The molecule has 0 aliphatic carbocycles. The third-order valence-electron chi connectivity index (χ3n) is 14.1. The fourth-order valence-electron chi connectivity index (χ4n) is 8.20. The first-order valence-corrected chi connectivity index (χ1v) is 31.6. The van der Waals surface area contributed by atoms with Gasteiger partial charge in [-0.15, -0.1) is 0 Å². The Balaban J connectivity index is 0.000000485. The van der Waals surface area contributed by atoms with Gasteiger partial charge in [0.15, 0.2) is 5.82 Å². The molecule has 0 spiro atoms. The summed E-state index contributed by atoms with van der Waals surface area (Å²) < 4.78 is 29.7. The molecule has 0 amide bonds. The summed E-state index contributed by atoms with van der Waals surface area (Å²) in [5, 5.41) is 0.587. The first-order chi connectivity index (χ1) is 40.5. The van der Waals surface area contributed by atoms with Gasteiger partial charge in [0.25, 0.3) is 0 Å². The van der Waals surface area contributed by atoms with Crippen LogP contribution >= 0.6 is 11.6 Å². The van der Waals surface area contributed by atoms with Gasteiger partial charge in [0, 0.05) is 118 Å². The zero-order valence-corrected chi connectivity index (χ0v) is 57.6. The summed E-state index contributed by atoms with van der Waals surface area (Å²) in [6, 6.07) is 7.50. The van der Waals surface area contributed by atoms with E-state index in [0.717, 1.165) is 97.0 Å². The molecule has 0 N–H and O–H groups in total. The van der Waals surface area contributed by atoms with Crippen LogP contribution in [-0.2, 0) is 21.3 Å². The second-order valence-corrected chi connectivity index (χ2v) is 25.4.